The predicted octanol–water partition coefficient (Wildman–Crippen LogP) is 5.26. The summed E-state index contributed by atoms with van der Waals surface area (Å²) in [6.07, 6.45) is -5.24. The van der Waals surface area contributed by atoms with Crippen molar-refractivity contribution >= 4 is 11.6 Å². The van der Waals surface area contributed by atoms with Crippen molar-refractivity contribution in [1.82, 2.24) is 0 Å². The molecule has 2 aliphatic carbocycles. The van der Waals surface area contributed by atoms with Crippen LogP contribution in [0.3, 0.4) is 0 Å². The minimum absolute atomic E-state index is 0.167. The van der Waals surface area contributed by atoms with E-state index in [1.165, 1.54) is 18.2 Å². The van der Waals surface area contributed by atoms with Crippen LogP contribution in [0.1, 0.15) is 20.7 Å². The molecule has 0 N–H and O–H groups in total. The van der Waals surface area contributed by atoms with E-state index < -0.39 is 58.5 Å². The summed E-state index contributed by atoms with van der Waals surface area (Å²) in [7, 11) is 0. The van der Waals surface area contributed by atoms with Gasteiger partial charge in [0, 0.05) is 16.7 Å². The lowest BCUT2D eigenvalue weighted by molar-refractivity contribution is -0.390. The van der Waals surface area contributed by atoms with Gasteiger partial charge in [0.2, 0.25) is 0 Å². The van der Waals surface area contributed by atoms with Gasteiger partial charge >= 0.3 is 23.9 Å². The molecule has 2 aliphatic rings. The van der Waals surface area contributed by atoms with Gasteiger partial charge < -0.3 is 0 Å². The number of rotatable bonds is 3. The van der Waals surface area contributed by atoms with E-state index in [4.69, 9.17) is 0 Å². The number of allylic oxidation sites excluding steroid dienone is 4. The van der Waals surface area contributed by atoms with Gasteiger partial charge in [-0.05, 0) is 0 Å². The van der Waals surface area contributed by atoms with E-state index in [9.17, 15) is 49.1 Å². The second-order valence-corrected chi connectivity index (χ2v) is 6.51. The van der Waals surface area contributed by atoms with E-state index in [-0.39, 0.29) is 11.6 Å². The molecule has 3 rings (SSSR count). The van der Waals surface area contributed by atoms with Crippen molar-refractivity contribution in [2.24, 2.45) is 11.8 Å². The maximum absolute atomic E-state index is 14.5. The molecule has 0 aliphatic heterocycles. The molecule has 0 saturated heterocycles. The Morgan fingerprint density at radius 2 is 1.24 bits per heavy atom. The first-order chi connectivity index (χ1) is 13.2. The van der Waals surface area contributed by atoms with Gasteiger partial charge in [0.15, 0.2) is 11.6 Å². The third-order valence-corrected chi connectivity index (χ3v) is 4.84. The van der Waals surface area contributed by atoms with Crippen molar-refractivity contribution in [1.29, 1.82) is 0 Å². The molecule has 0 spiro atoms. The Bertz CT molecular complexity index is 941. The number of fused-ring (bicyclic) bond motifs is 2. The number of benzene rings is 1. The highest BCUT2D eigenvalue weighted by Gasteiger charge is 2.83. The molecule has 0 fully saturated rings. The predicted molar refractivity (Wildman–Crippen MR) is 80.2 cm³/mol. The SMILES string of the molecule is O=C1c2ccccc2C(=O)C2C(C(F)(F)C(F)(F)C(F)(F)C(F)(F)F)=CC=CC12. The van der Waals surface area contributed by atoms with Crippen molar-refractivity contribution < 1.29 is 49.1 Å². The lowest BCUT2D eigenvalue weighted by Gasteiger charge is -2.40. The van der Waals surface area contributed by atoms with Gasteiger partial charge in [-0.1, -0.05) is 42.5 Å². The Labute approximate surface area is 156 Å². The van der Waals surface area contributed by atoms with Crippen LogP contribution in [0.2, 0.25) is 0 Å². The van der Waals surface area contributed by atoms with Gasteiger partial charge in [-0.15, -0.1) is 0 Å². The molecule has 11 heteroatoms. The Morgan fingerprint density at radius 3 is 1.76 bits per heavy atom. The van der Waals surface area contributed by atoms with Crippen LogP contribution < -0.4 is 0 Å². The molecule has 29 heavy (non-hydrogen) atoms. The van der Waals surface area contributed by atoms with Crippen LogP contribution in [0.4, 0.5) is 39.5 Å². The molecule has 0 radical (unpaired) electrons. The maximum atomic E-state index is 14.5. The molecule has 1 aromatic rings. The summed E-state index contributed by atoms with van der Waals surface area (Å²) in [5.74, 6) is -26.4. The number of carbonyl (C=O) groups is 2. The monoisotopic (exact) mass is 428 g/mol. The topological polar surface area (TPSA) is 34.1 Å². The Kier molecular flexibility index (Phi) is 4.52. The van der Waals surface area contributed by atoms with E-state index in [1.54, 1.807) is 0 Å². The fourth-order valence-electron chi connectivity index (χ4n) is 3.35. The first-order valence-electron chi connectivity index (χ1n) is 7.92. The van der Waals surface area contributed by atoms with E-state index in [1.807, 2.05) is 0 Å². The largest absolute Gasteiger partial charge is 0.460 e. The summed E-state index contributed by atoms with van der Waals surface area (Å²) >= 11 is 0. The summed E-state index contributed by atoms with van der Waals surface area (Å²) in [5.41, 5.74) is -2.59. The molecule has 0 amide bonds. The van der Waals surface area contributed by atoms with Crippen molar-refractivity contribution in [2.75, 3.05) is 0 Å². The Hall–Kier alpha value is -2.59. The Morgan fingerprint density at radius 1 is 0.724 bits per heavy atom. The zero-order valence-corrected chi connectivity index (χ0v) is 13.9. The molecule has 1 aromatic carbocycles. The number of ketones is 2. The molecule has 156 valence electrons. The highest BCUT2D eigenvalue weighted by Crippen LogP contribution is 2.57. The number of carbonyl (C=O) groups excluding carboxylic acids is 2. The second-order valence-electron chi connectivity index (χ2n) is 6.51. The van der Waals surface area contributed by atoms with E-state index in [0.717, 1.165) is 12.1 Å². The molecule has 0 heterocycles. The van der Waals surface area contributed by atoms with Crippen molar-refractivity contribution in [2.45, 2.75) is 23.9 Å². The molecule has 2 atom stereocenters. The molecule has 2 unspecified atom stereocenters. The van der Waals surface area contributed by atoms with Crippen LogP contribution in [-0.2, 0) is 0 Å². The number of alkyl halides is 9. The molecular weight excluding hydrogens is 419 g/mol. The van der Waals surface area contributed by atoms with Gasteiger partial charge in [0.25, 0.3) is 0 Å². The zero-order chi connectivity index (χ0) is 22.0. The fourth-order valence-corrected chi connectivity index (χ4v) is 3.35. The summed E-state index contributed by atoms with van der Waals surface area (Å²) in [4.78, 5) is 25.1. The van der Waals surface area contributed by atoms with Crippen molar-refractivity contribution in [3.63, 3.8) is 0 Å². The van der Waals surface area contributed by atoms with E-state index >= 15 is 0 Å². The molecule has 0 saturated carbocycles. The number of hydrogen-bond acceptors (Lipinski definition) is 2. The van der Waals surface area contributed by atoms with Crippen LogP contribution >= 0.6 is 0 Å². The average Bonchev–Trinajstić information content (AvgIpc) is 2.64. The van der Waals surface area contributed by atoms with Crippen LogP contribution in [0.15, 0.2) is 48.1 Å². The number of halogens is 9. The molecule has 0 bridgehead atoms. The molecular formula is C18H9F9O2. The maximum Gasteiger partial charge on any atom is 0.460 e. The number of hydrogen-bond donors (Lipinski definition) is 0. The minimum atomic E-state index is -7.10. The first-order valence-corrected chi connectivity index (χ1v) is 7.92. The van der Waals surface area contributed by atoms with Gasteiger partial charge in [-0.2, -0.15) is 39.5 Å². The normalized spacial score (nSPS) is 22.9. The third-order valence-electron chi connectivity index (χ3n) is 4.84. The van der Waals surface area contributed by atoms with Gasteiger partial charge in [-0.25, -0.2) is 0 Å². The van der Waals surface area contributed by atoms with Crippen LogP contribution in [-0.4, -0.2) is 35.5 Å². The van der Waals surface area contributed by atoms with Crippen LogP contribution in [0.5, 0.6) is 0 Å². The van der Waals surface area contributed by atoms with Crippen molar-refractivity contribution in [3.05, 3.63) is 59.2 Å². The summed E-state index contributed by atoms with van der Waals surface area (Å²) < 4.78 is 120. The zero-order valence-electron chi connectivity index (χ0n) is 13.9. The van der Waals surface area contributed by atoms with Crippen LogP contribution in [0.25, 0.3) is 0 Å². The molecule has 0 aromatic heterocycles. The lowest BCUT2D eigenvalue weighted by atomic mass is 9.67. The average molecular weight is 428 g/mol. The third kappa shape index (κ3) is 2.73. The highest BCUT2D eigenvalue weighted by molar-refractivity contribution is 6.17. The first kappa shape index (κ1) is 21.1. The summed E-state index contributed by atoms with van der Waals surface area (Å²) in [6, 6.07) is 4.82. The van der Waals surface area contributed by atoms with E-state index in [2.05, 4.69) is 0 Å². The summed E-state index contributed by atoms with van der Waals surface area (Å²) in [5, 5.41) is 0. The second kappa shape index (κ2) is 6.20. The van der Waals surface area contributed by atoms with Gasteiger partial charge in [-0.3, -0.25) is 9.59 Å². The quantitative estimate of drug-likeness (QED) is 0.616. The smallest absolute Gasteiger partial charge is 0.293 e. The minimum Gasteiger partial charge on any atom is -0.293 e. The standard InChI is InChI=1S/C18H9F9O2/c19-15(20,16(21,22)17(23,24)18(25,26)27)11-7-3-6-10-12(11)14(29)9-5-2-1-4-8(9)13(10)28/h1-7,10,12H. The lowest BCUT2D eigenvalue weighted by Crippen LogP contribution is -2.62. The highest BCUT2D eigenvalue weighted by atomic mass is 19.4. The van der Waals surface area contributed by atoms with Gasteiger partial charge in [0.05, 0.1) is 11.8 Å². The fraction of sp³-hybridized carbons (Fsp3) is 0.333. The molecule has 2 nitrogen and oxygen atoms in total. The van der Waals surface area contributed by atoms with E-state index in [0.29, 0.717) is 6.08 Å². The van der Waals surface area contributed by atoms with Gasteiger partial charge in [0.1, 0.15) is 0 Å². The Balaban J connectivity index is 2.14. The van der Waals surface area contributed by atoms with Crippen LogP contribution in [0, 0.1) is 11.8 Å². The number of Topliss-reactive ketones (excluding diaryl/α,β-unsaturated/α-hetero) is 2. The summed E-state index contributed by atoms with van der Waals surface area (Å²) in [6.45, 7) is 0. The van der Waals surface area contributed by atoms with Crippen molar-refractivity contribution in [3.8, 4) is 0 Å².